The highest BCUT2D eigenvalue weighted by Gasteiger charge is 2.12. The Morgan fingerprint density at radius 2 is 2.10 bits per heavy atom. The van der Waals surface area contributed by atoms with Crippen LogP contribution in [0.2, 0.25) is 0 Å². The number of rotatable bonds is 5. The third kappa shape index (κ3) is 4.85. The predicted octanol–water partition coefficient (Wildman–Crippen LogP) is 3.25. The molecule has 0 bridgehead atoms. The van der Waals surface area contributed by atoms with Crippen molar-refractivity contribution < 1.29 is 0 Å². The van der Waals surface area contributed by atoms with Crippen LogP contribution >= 0.6 is 12.2 Å². The van der Waals surface area contributed by atoms with Gasteiger partial charge in [0.05, 0.1) is 0 Å². The van der Waals surface area contributed by atoms with Gasteiger partial charge < -0.3 is 10.7 Å². The Hall–Kier alpha value is -1.55. The van der Waals surface area contributed by atoms with E-state index in [2.05, 4.69) is 41.3 Å². The SMILES string of the molecule is CC[C@@H]1CC=C(NNC(=S)NCc2ccccc2)CC1. The zero-order valence-electron chi connectivity index (χ0n) is 12.0. The normalized spacial score (nSPS) is 18.1. The molecule has 4 heteroatoms. The van der Waals surface area contributed by atoms with Gasteiger partial charge in [-0.25, -0.2) is 0 Å². The van der Waals surface area contributed by atoms with Crippen molar-refractivity contribution in [3.8, 4) is 0 Å². The number of hydrazine groups is 1. The molecule has 2 rings (SSSR count). The number of benzene rings is 1. The van der Waals surface area contributed by atoms with E-state index in [0.29, 0.717) is 5.11 Å². The molecule has 0 spiro atoms. The van der Waals surface area contributed by atoms with E-state index in [0.717, 1.165) is 18.9 Å². The Balaban J connectivity index is 1.67. The second kappa shape index (κ2) is 7.90. The van der Waals surface area contributed by atoms with Gasteiger partial charge in [0.25, 0.3) is 0 Å². The van der Waals surface area contributed by atoms with E-state index >= 15 is 0 Å². The molecule has 0 saturated carbocycles. The first kappa shape index (κ1) is 14.9. The maximum atomic E-state index is 5.26. The summed E-state index contributed by atoms with van der Waals surface area (Å²) in [5, 5.41) is 3.82. The fraction of sp³-hybridized carbons (Fsp3) is 0.438. The molecule has 0 heterocycles. The number of allylic oxidation sites excluding steroid dienone is 2. The van der Waals surface area contributed by atoms with Crippen molar-refractivity contribution in [3.63, 3.8) is 0 Å². The van der Waals surface area contributed by atoms with Gasteiger partial charge in [-0.15, -0.1) is 0 Å². The van der Waals surface area contributed by atoms with Crippen LogP contribution in [0.1, 0.15) is 38.2 Å². The maximum absolute atomic E-state index is 5.26. The smallest absolute Gasteiger partial charge is 0.185 e. The van der Waals surface area contributed by atoms with Gasteiger partial charge in [0, 0.05) is 12.2 Å². The number of hydrogen-bond donors (Lipinski definition) is 3. The summed E-state index contributed by atoms with van der Waals surface area (Å²) in [6.07, 6.45) is 7.09. The van der Waals surface area contributed by atoms with Gasteiger partial charge in [-0.3, -0.25) is 5.43 Å². The lowest BCUT2D eigenvalue weighted by atomic mass is 9.91. The van der Waals surface area contributed by atoms with Crippen LogP contribution in [-0.2, 0) is 6.54 Å². The van der Waals surface area contributed by atoms with E-state index in [4.69, 9.17) is 12.2 Å². The average Bonchev–Trinajstić information content (AvgIpc) is 2.52. The lowest BCUT2D eigenvalue weighted by Crippen LogP contribution is -2.43. The van der Waals surface area contributed by atoms with Crippen molar-refractivity contribution in [2.75, 3.05) is 0 Å². The third-order valence-corrected chi connectivity index (χ3v) is 3.98. The molecule has 1 atom stereocenters. The molecule has 1 aliphatic carbocycles. The molecule has 3 nitrogen and oxygen atoms in total. The van der Waals surface area contributed by atoms with Crippen molar-refractivity contribution in [2.45, 2.75) is 39.2 Å². The molecule has 20 heavy (non-hydrogen) atoms. The number of nitrogens with one attached hydrogen (secondary N) is 3. The molecule has 0 fully saturated rings. The van der Waals surface area contributed by atoms with Gasteiger partial charge in [0.15, 0.2) is 5.11 Å². The van der Waals surface area contributed by atoms with Crippen LogP contribution < -0.4 is 16.2 Å². The van der Waals surface area contributed by atoms with Crippen molar-refractivity contribution in [3.05, 3.63) is 47.7 Å². The molecule has 1 aliphatic rings. The lowest BCUT2D eigenvalue weighted by molar-refractivity contribution is 0.441. The highest BCUT2D eigenvalue weighted by Crippen LogP contribution is 2.23. The molecule has 108 valence electrons. The van der Waals surface area contributed by atoms with Crippen LogP contribution in [0.15, 0.2) is 42.1 Å². The summed E-state index contributed by atoms with van der Waals surface area (Å²) in [5.74, 6) is 0.851. The van der Waals surface area contributed by atoms with Crippen molar-refractivity contribution in [1.29, 1.82) is 0 Å². The summed E-state index contributed by atoms with van der Waals surface area (Å²) in [6, 6.07) is 10.2. The largest absolute Gasteiger partial charge is 0.357 e. The number of hydrogen-bond acceptors (Lipinski definition) is 2. The van der Waals surface area contributed by atoms with Gasteiger partial charge in [-0.05, 0) is 43.0 Å². The third-order valence-electron chi connectivity index (χ3n) is 3.73. The molecule has 0 unspecified atom stereocenters. The van der Waals surface area contributed by atoms with Crippen molar-refractivity contribution in [2.24, 2.45) is 5.92 Å². The van der Waals surface area contributed by atoms with E-state index < -0.39 is 0 Å². The van der Waals surface area contributed by atoms with Crippen LogP contribution in [0.3, 0.4) is 0 Å². The lowest BCUT2D eigenvalue weighted by Gasteiger charge is -2.22. The second-order valence-corrected chi connectivity index (χ2v) is 5.60. The van der Waals surface area contributed by atoms with E-state index in [-0.39, 0.29) is 0 Å². The van der Waals surface area contributed by atoms with Crippen LogP contribution in [-0.4, -0.2) is 5.11 Å². The molecule has 0 aromatic heterocycles. The van der Waals surface area contributed by atoms with Gasteiger partial charge in [-0.2, -0.15) is 0 Å². The molecule has 3 N–H and O–H groups in total. The van der Waals surface area contributed by atoms with Crippen LogP contribution in [0.4, 0.5) is 0 Å². The summed E-state index contributed by atoms with van der Waals surface area (Å²) in [7, 11) is 0. The fourth-order valence-corrected chi connectivity index (χ4v) is 2.46. The minimum Gasteiger partial charge on any atom is -0.357 e. The van der Waals surface area contributed by atoms with E-state index in [1.165, 1.54) is 30.5 Å². The first-order valence-electron chi connectivity index (χ1n) is 7.30. The Bertz CT molecular complexity index is 456. The summed E-state index contributed by atoms with van der Waals surface area (Å²) in [5.41, 5.74) is 8.74. The quantitative estimate of drug-likeness (QED) is 0.574. The molecule has 0 aliphatic heterocycles. The molecular formula is C16H23N3S. The second-order valence-electron chi connectivity index (χ2n) is 5.20. The topological polar surface area (TPSA) is 36.1 Å². The first-order valence-corrected chi connectivity index (χ1v) is 7.71. The van der Waals surface area contributed by atoms with Crippen LogP contribution in [0, 0.1) is 5.92 Å². The molecule has 1 aromatic carbocycles. The van der Waals surface area contributed by atoms with Crippen LogP contribution in [0.5, 0.6) is 0 Å². The maximum Gasteiger partial charge on any atom is 0.185 e. The Morgan fingerprint density at radius 1 is 1.30 bits per heavy atom. The van der Waals surface area contributed by atoms with E-state index in [9.17, 15) is 0 Å². The van der Waals surface area contributed by atoms with E-state index in [1.807, 2.05) is 18.2 Å². The molecule has 1 aromatic rings. The van der Waals surface area contributed by atoms with Crippen molar-refractivity contribution in [1.82, 2.24) is 16.2 Å². The minimum absolute atomic E-state index is 0.632. The molecule has 0 saturated heterocycles. The molecule has 0 radical (unpaired) electrons. The molecular weight excluding hydrogens is 266 g/mol. The Morgan fingerprint density at radius 3 is 2.75 bits per heavy atom. The number of thiocarbonyl (C=S) groups is 1. The standard InChI is InChI=1S/C16H23N3S/c1-2-13-8-10-15(11-9-13)18-19-16(20)17-12-14-6-4-3-5-7-14/h3-7,10,13,18H,2,8-9,11-12H2,1H3,(H2,17,19,20)/t13-/m1/s1. The van der Waals surface area contributed by atoms with Gasteiger partial charge >= 0.3 is 0 Å². The summed E-state index contributed by atoms with van der Waals surface area (Å²) >= 11 is 5.26. The van der Waals surface area contributed by atoms with Gasteiger partial charge in [-0.1, -0.05) is 49.8 Å². The van der Waals surface area contributed by atoms with Gasteiger partial charge in [0.2, 0.25) is 0 Å². The Kier molecular flexibility index (Phi) is 5.87. The average molecular weight is 289 g/mol. The predicted molar refractivity (Wildman–Crippen MR) is 87.9 cm³/mol. The fourth-order valence-electron chi connectivity index (χ4n) is 2.33. The Labute approximate surface area is 126 Å². The summed E-state index contributed by atoms with van der Waals surface area (Å²) < 4.78 is 0. The monoisotopic (exact) mass is 289 g/mol. The van der Waals surface area contributed by atoms with Crippen LogP contribution in [0.25, 0.3) is 0 Å². The highest BCUT2D eigenvalue weighted by molar-refractivity contribution is 7.80. The zero-order valence-corrected chi connectivity index (χ0v) is 12.8. The summed E-state index contributed by atoms with van der Waals surface area (Å²) in [6.45, 7) is 3.00. The highest BCUT2D eigenvalue weighted by atomic mass is 32.1. The van der Waals surface area contributed by atoms with E-state index in [1.54, 1.807) is 0 Å². The minimum atomic E-state index is 0.632. The zero-order chi connectivity index (χ0) is 14.2. The molecule has 0 amide bonds. The first-order chi connectivity index (χ1) is 9.78. The van der Waals surface area contributed by atoms with Gasteiger partial charge in [0.1, 0.15) is 0 Å². The van der Waals surface area contributed by atoms with Crippen molar-refractivity contribution >= 4 is 17.3 Å². The summed E-state index contributed by atoms with van der Waals surface area (Å²) in [4.78, 5) is 0.